The second-order valence-corrected chi connectivity index (χ2v) is 7.07. The highest BCUT2D eigenvalue weighted by Crippen LogP contribution is 2.32. The van der Waals surface area contributed by atoms with Crippen LogP contribution in [0.4, 0.5) is 5.69 Å². The lowest BCUT2D eigenvalue weighted by Gasteiger charge is -2.11. The fourth-order valence-corrected chi connectivity index (χ4v) is 3.33. The van der Waals surface area contributed by atoms with Gasteiger partial charge in [0.05, 0.1) is 24.9 Å². The number of amides is 1. The predicted molar refractivity (Wildman–Crippen MR) is 113 cm³/mol. The largest absolute Gasteiger partial charge is 0.497 e. The first-order valence-corrected chi connectivity index (χ1v) is 9.59. The van der Waals surface area contributed by atoms with E-state index in [0.29, 0.717) is 6.42 Å². The Morgan fingerprint density at radius 2 is 1.89 bits per heavy atom. The summed E-state index contributed by atoms with van der Waals surface area (Å²) in [5, 5.41) is 10.7. The van der Waals surface area contributed by atoms with E-state index < -0.39 is 0 Å². The van der Waals surface area contributed by atoms with Crippen molar-refractivity contribution in [1.29, 1.82) is 0 Å². The molecule has 0 aliphatic rings. The van der Waals surface area contributed by atoms with Crippen molar-refractivity contribution in [3.8, 4) is 17.0 Å². The van der Waals surface area contributed by atoms with Crippen LogP contribution < -0.4 is 10.1 Å². The molecule has 146 valence electrons. The van der Waals surface area contributed by atoms with Crippen LogP contribution >= 0.6 is 0 Å². The highest BCUT2D eigenvalue weighted by atomic mass is 16.5. The van der Waals surface area contributed by atoms with Crippen molar-refractivity contribution in [1.82, 2.24) is 10.2 Å². The standard InChI is InChI=1S/C23H27N3O2/c1-5-6-20-23(22(26-25-20)19-12-7-15(2)13-16(19)3)24-21(27)14-17-8-10-18(28-4)11-9-17/h7-13H,5-6,14H2,1-4H3,(H,24,27)(H,25,26). The molecule has 2 aromatic carbocycles. The number of anilines is 1. The van der Waals surface area contributed by atoms with Crippen LogP contribution in [0, 0.1) is 13.8 Å². The van der Waals surface area contributed by atoms with E-state index in [1.54, 1.807) is 7.11 Å². The van der Waals surface area contributed by atoms with Crippen LogP contribution in [0.2, 0.25) is 0 Å². The number of aromatic nitrogens is 2. The number of carbonyl (C=O) groups excluding carboxylic acids is 1. The molecule has 0 saturated heterocycles. The fraction of sp³-hybridized carbons (Fsp3) is 0.304. The first kappa shape index (κ1) is 19.7. The Kier molecular flexibility index (Phi) is 6.14. The van der Waals surface area contributed by atoms with Gasteiger partial charge in [0, 0.05) is 5.56 Å². The summed E-state index contributed by atoms with van der Waals surface area (Å²) in [7, 11) is 1.63. The molecule has 0 aliphatic heterocycles. The predicted octanol–water partition coefficient (Wildman–Crippen LogP) is 4.84. The van der Waals surface area contributed by atoms with E-state index in [9.17, 15) is 4.79 Å². The average Bonchev–Trinajstić information content (AvgIpc) is 3.05. The van der Waals surface area contributed by atoms with Crippen molar-refractivity contribution >= 4 is 11.6 Å². The molecule has 0 bridgehead atoms. The molecule has 28 heavy (non-hydrogen) atoms. The second kappa shape index (κ2) is 8.74. The lowest BCUT2D eigenvalue weighted by Crippen LogP contribution is -2.15. The normalized spacial score (nSPS) is 10.7. The Morgan fingerprint density at radius 1 is 1.14 bits per heavy atom. The van der Waals surface area contributed by atoms with Crippen LogP contribution in [-0.4, -0.2) is 23.2 Å². The lowest BCUT2D eigenvalue weighted by atomic mass is 10.0. The van der Waals surface area contributed by atoms with Crippen LogP contribution in [0.1, 0.15) is 35.7 Å². The quantitative estimate of drug-likeness (QED) is 0.619. The third-order valence-corrected chi connectivity index (χ3v) is 4.77. The van der Waals surface area contributed by atoms with Gasteiger partial charge in [-0.3, -0.25) is 9.89 Å². The van der Waals surface area contributed by atoms with Gasteiger partial charge in [0.2, 0.25) is 5.91 Å². The van der Waals surface area contributed by atoms with Gasteiger partial charge in [0.15, 0.2) is 0 Å². The van der Waals surface area contributed by atoms with Crippen LogP contribution in [0.3, 0.4) is 0 Å². The Bertz CT molecular complexity index is 958. The number of carbonyl (C=O) groups is 1. The number of rotatable bonds is 7. The molecule has 1 aromatic heterocycles. The number of hydrogen-bond acceptors (Lipinski definition) is 3. The number of nitrogens with one attached hydrogen (secondary N) is 2. The summed E-state index contributed by atoms with van der Waals surface area (Å²) in [6.07, 6.45) is 2.10. The van der Waals surface area contributed by atoms with Gasteiger partial charge >= 0.3 is 0 Å². The minimum absolute atomic E-state index is 0.0602. The van der Waals surface area contributed by atoms with Crippen molar-refractivity contribution in [2.75, 3.05) is 12.4 Å². The van der Waals surface area contributed by atoms with Crippen molar-refractivity contribution in [2.45, 2.75) is 40.0 Å². The Balaban J connectivity index is 1.86. The number of hydrogen-bond donors (Lipinski definition) is 2. The Hall–Kier alpha value is -3.08. The summed E-state index contributed by atoms with van der Waals surface area (Å²) in [6.45, 7) is 6.25. The first-order valence-electron chi connectivity index (χ1n) is 9.59. The van der Waals surface area contributed by atoms with Gasteiger partial charge in [0.1, 0.15) is 11.4 Å². The van der Waals surface area contributed by atoms with Crippen molar-refractivity contribution in [2.24, 2.45) is 0 Å². The monoisotopic (exact) mass is 377 g/mol. The number of methoxy groups -OCH3 is 1. The van der Waals surface area contributed by atoms with E-state index in [1.807, 2.05) is 24.3 Å². The minimum atomic E-state index is -0.0602. The van der Waals surface area contributed by atoms with Gasteiger partial charge < -0.3 is 10.1 Å². The summed E-state index contributed by atoms with van der Waals surface area (Å²) in [5.74, 6) is 0.719. The topological polar surface area (TPSA) is 67.0 Å². The van der Waals surface area contributed by atoms with E-state index >= 15 is 0 Å². The van der Waals surface area contributed by atoms with Crippen LogP contribution in [0.25, 0.3) is 11.3 Å². The fourth-order valence-electron chi connectivity index (χ4n) is 3.33. The number of aromatic amines is 1. The SMILES string of the molecule is CCCc1[nH]nc(-c2ccc(C)cc2C)c1NC(=O)Cc1ccc(OC)cc1. The molecule has 0 fully saturated rings. The van der Waals surface area contributed by atoms with Gasteiger partial charge in [-0.2, -0.15) is 5.10 Å². The number of benzene rings is 2. The number of H-pyrrole nitrogens is 1. The van der Waals surface area contributed by atoms with E-state index in [0.717, 1.165) is 52.4 Å². The first-order chi connectivity index (χ1) is 13.5. The van der Waals surface area contributed by atoms with E-state index in [-0.39, 0.29) is 5.91 Å². The zero-order chi connectivity index (χ0) is 20.1. The number of ether oxygens (including phenoxy) is 1. The van der Waals surface area contributed by atoms with Gasteiger partial charge in [-0.15, -0.1) is 0 Å². The molecule has 0 radical (unpaired) electrons. The molecular formula is C23H27N3O2. The van der Waals surface area contributed by atoms with Crippen LogP contribution in [0.5, 0.6) is 5.75 Å². The molecule has 5 heteroatoms. The van der Waals surface area contributed by atoms with Gasteiger partial charge in [-0.25, -0.2) is 0 Å². The lowest BCUT2D eigenvalue weighted by molar-refractivity contribution is -0.115. The summed E-state index contributed by atoms with van der Waals surface area (Å²) < 4.78 is 5.17. The number of aryl methyl sites for hydroxylation is 3. The second-order valence-electron chi connectivity index (χ2n) is 7.07. The van der Waals surface area contributed by atoms with Gasteiger partial charge in [-0.05, 0) is 43.5 Å². The summed E-state index contributed by atoms with van der Waals surface area (Å²) >= 11 is 0. The van der Waals surface area contributed by atoms with Gasteiger partial charge in [0.25, 0.3) is 0 Å². The molecule has 1 amide bonds. The zero-order valence-electron chi connectivity index (χ0n) is 16.9. The van der Waals surface area contributed by atoms with E-state index in [1.165, 1.54) is 5.56 Å². The van der Waals surface area contributed by atoms with E-state index in [2.05, 4.69) is 54.5 Å². The summed E-state index contributed by atoms with van der Waals surface area (Å²) in [6, 6.07) is 13.8. The van der Waals surface area contributed by atoms with E-state index in [4.69, 9.17) is 4.74 Å². The Labute approximate surface area is 166 Å². The van der Waals surface area contributed by atoms with Crippen LogP contribution in [0.15, 0.2) is 42.5 Å². The molecule has 1 heterocycles. The molecule has 0 spiro atoms. The van der Waals surface area contributed by atoms with Crippen molar-refractivity contribution < 1.29 is 9.53 Å². The maximum atomic E-state index is 12.7. The number of nitrogens with zero attached hydrogens (tertiary/aromatic N) is 1. The molecule has 2 N–H and O–H groups in total. The third kappa shape index (κ3) is 4.42. The Morgan fingerprint density at radius 3 is 2.54 bits per heavy atom. The van der Waals surface area contributed by atoms with Gasteiger partial charge in [-0.1, -0.05) is 49.2 Å². The molecule has 5 nitrogen and oxygen atoms in total. The average molecular weight is 377 g/mol. The van der Waals surface area contributed by atoms with Crippen molar-refractivity contribution in [3.63, 3.8) is 0 Å². The molecule has 0 atom stereocenters. The maximum Gasteiger partial charge on any atom is 0.228 e. The molecule has 0 unspecified atom stereocenters. The summed E-state index contributed by atoms with van der Waals surface area (Å²) in [4.78, 5) is 12.7. The maximum absolute atomic E-state index is 12.7. The highest BCUT2D eigenvalue weighted by molar-refractivity contribution is 5.97. The molecule has 3 rings (SSSR count). The highest BCUT2D eigenvalue weighted by Gasteiger charge is 2.18. The van der Waals surface area contributed by atoms with Crippen LogP contribution in [-0.2, 0) is 17.6 Å². The van der Waals surface area contributed by atoms with Crippen molar-refractivity contribution in [3.05, 3.63) is 64.8 Å². The molecule has 0 aliphatic carbocycles. The third-order valence-electron chi connectivity index (χ3n) is 4.77. The molecular weight excluding hydrogens is 350 g/mol. The summed E-state index contributed by atoms with van der Waals surface area (Å²) in [5.41, 5.74) is 6.85. The minimum Gasteiger partial charge on any atom is -0.497 e. The molecule has 3 aromatic rings. The zero-order valence-corrected chi connectivity index (χ0v) is 16.9. The smallest absolute Gasteiger partial charge is 0.228 e. The molecule has 0 saturated carbocycles.